The van der Waals surface area contributed by atoms with Crippen molar-refractivity contribution in [2.24, 2.45) is 0 Å². The SMILES string of the molecule is O=[N+]([O-])[C@@]12C=CC[C@]([N+](=O)[O-])(CN(C(CO)(CO)CO)C1)C2. The van der Waals surface area contributed by atoms with Gasteiger partial charge in [-0.15, -0.1) is 0 Å². The van der Waals surface area contributed by atoms with E-state index in [1.165, 1.54) is 17.1 Å². The van der Waals surface area contributed by atoms with E-state index in [2.05, 4.69) is 0 Å². The second-order valence-electron chi connectivity index (χ2n) is 6.18. The van der Waals surface area contributed by atoms with Crippen LogP contribution in [0.25, 0.3) is 0 Å². The van der Waals surface area contributed by atoms with E-state index in [0.717, 1.165) is 0 Å². The molecule has 10 heteroatoms. The van der Waals surface area contributed by atoms with E-state index in [4.69, 9.17) is 0 Å². The molecule has 0 radical (unpaired) electrons. The van der Waals surface area contributed by atoms with Crippen molar-refractivity contribution in [1.82, 2.24) is 4.90 Å². The number of fused-ring (bicyclic) bond motifs is 2. The number of aliphatic hydroxyl groups excluding tert-OH is 3. The van der Waals surface area contributed by atoms with E-state index in [9.17, 15) is 35.5 Å². The highest BCUT2D eigenvalue weighted by Gasteiger charge is 2.64. The lowest BCUT2D eigenvalue weighted by Crippen LogP contribution is -2.72. The highest BCUT2D eigenvalue weighted by Crippen LogP contribution is 2.42. The Morgan fingerprint density at radius 2 is 1.68 bits per heavy atom. The molecule has 3 N–H and O–H groups in total. The van der Waals surface area contributed by atoms with Gasteiger partial charge in [0, 0.05) is 16.3 Å². The van der Waals surface area contributed by atoms with Gasteiger partial charge in [0.05, 0.1) is 44.9 Å². The zero-order chi connectivity index (χ0) is 16.6. The maximum absolute atomic E-state index is 11.5. The summed E-state index contributed by atoms with van der Waals surface area (Å²) in [4.78, 5) is 23.2. The first-order valence-corrected chi connectivity index (χ1v) is 6.84. The molecule has 1 aliphatic heterocycles. The molecule has 2 rings (SSSR count). The third kappa shape index (κ3) is 2.28. The largest absolute Gasteiger partial charge is 0.394 e. The second kappa shape index (κ2) is 5.54. The Hall–Kier alpha value is -1.62. The first kappa shape index (κ1) is 16.7. The molecule has 2 bridgehead atoms. The van der Waals surface area contributed by atoms with Crippen molar-refractivity contribution in [2.75, 3.05) is 32.9 Å². The minimum absolute atomic E-state index is 0.0322. The van der Waals surface area contributed by atoms with Crippen molar-refractivity contribution >= 4 is 0 Å². The fourth-order valence-electron chi connectivity index (χ4n) is 3.33. The summed E-state index contributed by atoms with van der Waals surface area (Å²) >= 11 is 0. The van der Waals surface area contributed by atoms with Crippen molar-refractivity contribution in [2.45, 2.75) is 29.5 Å². The maximum Gasteiger partial charge on any atom is 0.259 e. The van der Waals surface area contributed by atoms with Crippen LogP contribution in [0.5, 0.6) is 0 Å². The van der Waals surface area contributed by atoms with Crippen LogP contribution in [0, 0.1) is 20.2 Å². The van der Waals surface area contributed by atoms with E-state index >= 15 is 0 Å². The van der Waals surface area contributed by atoms with Gasteiger partial charge in [0.25, 0.3) is 5.54 Å². The van der Waals surface area contributed by atoms with Gasteiger partial charge < -0.3 is 15.3 Å². The molecule has 1 saturated heterocycles. The standard InChI is InChI=1S/C12H19N3O7/c16-7-12(8-17,9-18)13-5-10(14(19)20)2-1-3-11(4-10,6-13)15(21)22/h1-2,16-18H,3-9H2/t10-,11-/m1/s1. The molecule has 1 aliphatic carbocycles. The fourth-order valence-corrected chi connectivity index (χ4v) is 3.33. The van der Waals surface area contributed by atoms with Gasteiger partial charge in [-0.1, -0.05) is 6.08 Å². The zero-order valence-corrected chi connectivity index (χ0v) is 11.9. The normalized spacial score (nSPS) is 32.0. The molecular weight excluding hydrogens is 298 g/mol. The van der Waals surface area contributed by atoms with Gasteiger partial charge in [-0.05, 0) is 6.08 Å². The smallest absolute Gasteiger partial charge is 0.259 e. The van der Waals surface area contributed by atoms with Crippen molar-refractivity contribution in [3.63, 3.8) is 0 Å². The van der Waals surface area contributed by atoms with E-state index in [1.807, 2.05) is 0 Å². The number of rotatable bonds is 6. The lowest BCUT2D eigenvalue weighted by Gasteiger charge is -2.50. The first-order valence-electron chi connectivity index (χ1n) is 6.84. The average Bonchev–Trinajstić information content (AvgIpc) is 2.49. The molecule has 1 heterocycles. The van der Waals surface area contributed by atoms with E-state index in [1.54, 1.807) is 0 Å². The fraction of sp³-hybridized carbons (Fsp3) is 0.833. The Bertz CT molecular complexity index is 499. The number of likely N-dealkylation sites (tertiary alicyclic amines) is 1. The molecule has 10 nitrogen and oxygen atoms in total. The minimum atomic E-state index is -1.66. The molecule has 0 aromatic carbocycles. The summed E-state index contributed by atoms with van der Waals surface area (Å²) in [6.45, 7) is -2.38. The van der Waals surface area contributed by atoms with Gasteiger partial charge in [0.1, 0.15) is 0 Å². The number of nitrogens with zero attached hydrogens (tertiary/aromatic N) is 3. The van der Waals surface area contributed by atoms with Crippen molar-refractivity contribution < 1.29 is 25.2 Å². The summed E-state index contributed by atoms with van der Waals surface area (Å²) in [6.07, 6.45) is 2.58. The van der Waals surface area contributed by atoms with Crippen LogP contribution in [0.15, 0.2) is 12.2 Å². The monoisotopic (exact) mass is 317 g/mol. The second-order valence-corrected chi connectivity index (χ2v) is 6.18. The summed E-state index contributed by atoms with van der Waals surface area (Å²) in [6, 6.07) is 0. The van der Waals surface area contributed by atoms with Gasteiger partial charge in [0.2, 0.25) is 5.54 Å². The number of hydrogen-bond donors (Lipinski definition) is 3. The van der Waals surface area contributed by atoms with Gasteiger partial charge in [-0.25, -0.2) is 0 Å². The highest BCUT2D eigenvalue weighted by molar-refractivity contribution is 5.19. The Balaban J connectivity index is 2.50. The van der Waals surface area contributed by atoms with E-state index in [0.29, 0.717) is 0 Å². The number of piperidine rings is 1. The number of nitro groups is 2. The molecule has 0 aromatic heterocycles. The number of aliphatic hydroxyl groups is 3. The summed E-state index contributed by atoms with van der Waals surface area (Å²) in [7, 11) is 0. The van der Waals surface area contributed by atoms with E-state index in [-0.39, 0.29) is 25.9 Å². The molecular formula is C12H19N3O7. The summed E-state index contributed by atoms with van der Waals surface area (Å²) in [5, 5.41) is 51.6. The topological polar surface area (TPSA) is 150 Å². The molecule has 1 fully saturated rings. The quantitative estimate of drug-likeness (QED) is 0.301. The van der Waals surface area contributed by atoms with Crippen LogP contribution < -0.4 is 0 Å². The summed E-state index contributed by atoms with van der Waals surface area (Å²) in [5.41, 5.74) is -4.76. The third-order valence-corrected chi connectivity index (χ3v) is 4.82. The molecule has 0 unspecified atom stereocenters. The molecule has 0 aromatic rings. The van der Waals surface area contributed by atoms with Crippen LogP contribution in [0.4, 0.5) is 0 Å². The summed E-state index contributed by atoms with van der Waals surface area (Å²) in [5.74, 6) is 0. The van der Waals surface area contributed by atoms with Crippen molar-refractivity contribution in [1.29, 1.82) is 0 Å². The Morgan fingerprint density at radius 1 is 1.09 bits per heavy atom. The van der Waals surface area contributed by atoms with Gasteiger partial charge in [-0.2, -0.15) is 0 Å². The maximum atomic E-state index is 11.5. The molecule has 2 atom stereocenters. The average molecular weight is 317 g/mol. The molecule has 22 heavy (non-hydrogen) atoms. The Kier molecular flexibility index (Phi) is 4.22. The zero-order valence-electron chi connectivity index (χ0n) is 11.9. The predicted molar refractivity (Wildman–Crippen MR) is 73.4 cm³/mol. The minimum Gasteiger partial charge on any atom is -0.394 e. The molecule has 0 spiro atoms. The number of hydrogen-bond acceptors (Lipinski definition) is 8. The van der Waals surface area contributed by atoms with Crippen LogP contribution in [-0.2, 0) is 0 Å². The van der Waals surface area contributed by atoms with Gasteiger partial charge in [0.15, 0.2) is 0 Å². The molecule has 0 amide bonds. The van der Waals surface area contributed by atoms with Gasteiger partial charge in [-0.3, -0.25) is 25.1 Å². The predicted octanol–water partition coefficient (Wildman–Crippen LogP) is -1.60. The third-order valence-electron chi connectivity index (χ3n) is 4.82. The lowest BCUT2D eigenvalue weighted by molar-refractivity contribution is -0.621. The Morgan fingerprint density at radius 3 is 2.14 bits per heavy atom. The highest BCUT2D eigenvalue weighted by atomic mass is 16.6. The molecule has 124 valence electrons. The summed E-state index contributed by atoms with van der Waals surface area (Å²) < 4.78 is 0. The molecule has 0 saturated carbocycles. The van der Waals surface area contributed by atoms with Crippen molar-refractivity contribution in [3.8, 4) is 0 Å². The van der Waals surface area contributed by atoms with Crippen LogP contribution in [0.2, 0.25) is 0 Å². The molecule has 2 aliphatic rings. The van der Waals surface area contributed by atoms with Crippen LogP contribution in [0.1, 0.15) is 12.8 Å². The lowest BCUT2D eigenvalue weighted by atomic mass is 9.71. The van der Waals surface area contributed by atoms with Crippen LogP contribution in [0.3, 0.4) is 0 Å². The van der Waals surface area contributed by atoms with Crippen molar-refractivity contribution in [3.05, 3.63) is 32.4 Å². The van der Waals surface area contributed by atoms with Crippen LogP contribution >= 0.6 is 0 Å². The Labute approximate surface area is 126 Å². The van der Waals surface area contributed by atoms with Crippen LogP contribution in [-0.4, -0.2) is 79.6 Å². The van der Waals surface area contributed by atoms with Gasteiger partial charge >= 0.3 is 0 Å². The van der Waals surface area contributed by atoms with E-state index < -0.39 is 46.3 Å². The first-order chi connectivity index (χ1) is 10.3.